The maximum atomic E-state index is 12.4. The Morgan fingerprint density at radius 2 is 1.80 bits per heavy atom. The van der Waals surface area contributed by atoms with Crippen molar-refractivity contribution < 1.29 is 0 Å². The maximum absolute atomic E-state index is 12.4. The number of nitrogens with zero attached hydrogens (tertiary/aromatic N) is 3. The van der Waals surface area contributed by atoms with Crippen LogP contribution in [-0.2, 0) is 13.6 Å². The van der Waals surface area contributed by atoms with Gasteiger partial charge in [-0.15, -0.1) is 0 Å². The summed E-state index contributed by atoms with van der Waals surface area (Å²) in [6, 6.07) is 0. The van der Waals surface area contributed by atoms with Gasteiger partial charge in [0.2, 0.25) is 0 Å². The minimum Gasteiger partial charge on any atom is -0.313 e. The van der Waals surface area contributed by atoms with Gasteiger partial charge in [-0.25, -0.2) is 9.78 Å². The monoisotopic (exact) mass is 366 g/mol. The van der Waals surface area contributed by atoms with Crippen molar-refractivity contribution in [1.29, 1.82) is 0 Å². The van der Waals surface area contributed by atoms with Gasteiger partial charge in [0.1, 0.15) is 0 Å². The number of aromatic amines is 1. The van der Waals surface area contributed by atoms with E-state index in [2.05, 4.69) is 30.7 Å². The highest BCUT2D eigenvalue weighted by molar-refractivity contribution is 7.99. The molecule has 0 bridgehead atoms. The molecule has 2 aromatic rings. The number of hydrogen-bond donors (Lipinski definition) is 1. The zero-order chi connectivity index (χ0) is 18.4. The molecule has 140 valence electrons. The fourth-order valence-corrected chi connectivity index (χ4v) is 3.80. The smallest absolute Gasteiger partial charge is 0.313 e. The Balaban J connectivity index is 2.27. The molecule has 6 nitrogen and oxygen atoms in total. The first-order chi connectivity index (χ1) is 12.0. The van der Waals surface area contributed by atoms with Gasteiger partial charge in [0.25, 0.3) is 5.56 Å². The summed E-state index contributed by atoms with van der Waals surface area (Å²) < 4.78 is 3.42. The van der Waals surface area contributed by atoms with E-state index in [0.717, 1.165) is 30.3 Å². The summed E-state index contributed by atoms with van der Waals surface area (Å²) >= 11 is 1.66. The van der Waals surface area contributed by atoms with Crippen LogP contribution >= 0.6 is 11.8 Å². The first-order valence-corrected chi connectivity index (χ1v) is 10.3. The summed E-state index contributed by atoms with van der Waals surface area (Å²) in [5.74, 6) is 1.47. The summed E-state index contributed by atoms with van der Waals surface area (Å²) in [6.07, 6.45) is 7.19. The van der Waals surface area contributed by atoms with Crippen molar-refractivity contribution in [2.45, 2.75) is 71.0 Å². The van der Waals surface area contributed by atoms with Gasteiger partial charge in [0.15, 0.2) is 16.3 Å². The van der Waals surface area contributed by atoms with Gasteiger partial charge < -0.3 is 4.57 Å². The topological polar surface area (TPSA) is 72.7 Å². The zero-order valence-electron chi connectivity index (χ0n) is 15.8. The Morgan fingerprint density at radius 3 is 2.48 bits per heavy atom. The van der Waals surface area contributed by atoms with E-state index in [1.807, 2.05) is 4.57 Å². The lowest BCUT2D eigenvalue weighted by atomic mass is 10.1. The van der Waals surface area contributed by atoms with E-state index in [4.69, 9.17) is 0 Å². The average Bonchev–Trinajstić information content (AvgIpc) is 2.93. The third-order valence-electron chi connectivity index (χ3n) is 4.25. The second kappa shape index (κ2) is 9.27. The third kappa shape index (κ3) is 5.00. The predicted octanol–water partition coefficient (Wildman–Crippen LogP) is 3.53. The number of H-pyrrole nitrogens is 1. The molecule has 7 heteroatoms. The van der Waals surface area contributed by atoms with Crippen molar-refractivity contribution in [3.8, 4) is 0 Å². The van der Waals surface area contributed by atoms with Crippen molar-refractivity contribution in [1.82, 2.24) is 19.1 Å². The number of fused-ring (bicyclic) bond motifs is 1. The van der Waals surface area contributed by atoms with Crippen molar-refractivity contribution in [2.24, 2.45) is 13.0 Å². The van der Waals surface area contributed by atoms with Crippen LogP contribution in [-0.4, -0.2) is 24.9 Å². The van der Waals surface area contributed by atoms with Gasteiger partial charge in [-0.1, -0.05) is 64.6 Å². The highest BCUT2D eigenvalue weighted by atomic mass is 32.2. The molecule has 0 fully saturated rings. The second-order valence-corrected chi connectivity index (χ2v) is 8.00. The van der Waals surface area contributed by atoms with Gasteiger partial charge in [0, 0.05) is 19.3 Å². The lowest BCUT2D eigenvalue weighted by molar-refractivity contribution is 0.543. The second-order valence-electron chi connectivity index (χ2n) is 7.01. The predicted molar refractivity (Wildman–Crippen MR) is 105 cm³/mol. The molecule has 0 radical (unpaired) electrons. The normalized spacial score (nSPS) is 11.7. The Bertz CT molecular complexity index is 804. The van der Waals surface area contributed by atoms with Crippen LogP contribution in [0, 0.1) is 5.92 Å². The molecule has 25 heavy (non-hydrogen) atoms. The highest BCUT2D eigenvalue weighted by Gasteiger charge is 2.17. The molecule has 0 atom stereocenters. The Kier molecular flexibility index (Phi) is 7.35. The van der Waals surface area contributed by atoms with Crippen LogP contribution in [0.2, 0.25) is 0 Å². The van der Waals surface area contributed by atoms with Crippen LogP contribution in [0.15, 0.2) is 14.7 Å². The van der Waals surface area contributed by atoms with E-state index in [0.29, 0.717) is 17.1 Å². The lowest BCUT2D eigenvalue weighted by Gasteiger charge is -2.09. The first-order valence-electron chi connectivity index (χ1n) is 9.28. The highest BCUT2D eigenvalue weighted by Crippen LogP contribution is 2.24. The van der Waals surface area contributed by atoms with E-state index in [1.165, 1.54) is 30.3 Å². The van der Waals surface area contributed by atoms with Crippen LogP contribution in [0.1, 0.15) is 59.3 Å². The molecular weight excluding hydrogens is 336 g/mol. The molecule has 0 unspecified atom stereocenters. The molecule has 0 aliphatic rings. The molecule has 0 spiro atoms. The summed E-state index contributed by atoms with van der Waals surface area (Å²) in [5, 5.41) is 0.837. The largest absolute Gasteiger partial charge is 0.329 e. The molecule has 2 rings (SSSR count). The van der Waals surface area contributed by atoms with Crippen molar-refractivity contribution in [2.75, 3.05) is 5.75 Å². The summed E-state index contributed by atoms with van der Waals surface area (Å²) in [4.78, 5) is 31.2. The van der Waals surface area contributed by atoms with E-state index in [9.17, 15) is 9.59 Å². The molecular formula is C18H30N4O2S. The number of aryl methyl sites for hydroxylation is 2. The van der Waals surface area contributed by atoms with Crippen molar-refractivity contribution >= 4 is 22.9 Å². The van der Waals surface area contributed by atoms with Gasteiger partial charge in [-0.2, -0.15) is 0 Å². The third-order valence-corrected chi connectivity index (χ3v) is 5.66. The quantitative estimate of drug-likeness (QED) is 0.516. The number of thioether (sulfide) groups is 1. The number of unbranched alkanes of at least 4 members (excludes halogenated alkanes) is 5. The lowest BCUT2D eigenvalue weighted by Crippen LogP contribution is -2.29. The van der Waals surface area contributed by atoms with Gasteiger partial charge in [-0.3, -0.25) is 14.3 Å². The van der Waals surface area contributed by atoms with Gasteiger partial charge in [0.05, 0.1) is 0 Å². The first kappa shape index (κ1) is 19.8. The van der Waals surface area contributed by atoms with Gasteiger partial charge >= 0.3 is 5.69 Å². The maximum Gasteiger partial charge on any atom is 0.329 e. The zero-order valence-corrected chi connectivity index (χ0v) is 16.6. The van der Waals surface area contributed by atoms with E-state index >= 15 is 0 Å². The summed E-state index contributed by atoms with van der Waals surface area (Å²) in [6.45, 7) is 7.31. The fourth-order valence-electron chi connectivity index (χ4n) is 2.82. The molecule has 0 aromatic carbocycles. The van der Waals surface area contributed by atoms with E-state index < -0.39 is 5.69 Å². The van der Waals surface area contributed by atoms with Crippen molar-refractivity contribution in [3.63, 3.8) is 0 Å². The minimum atomic E-state index is -0.415. The SMILES string of the molecule is CCCCCCCCn1c(SCC(C)C)nc2c1c(=O)[nH]c(=O)n2C. The average molecular weight is 367 g/mol. The molecule has 0 aliphatic carbocycles. The van der Waals surface area contributed by atoms with E-state index in [1.54, 1.807) is 18.8 Å². The summed E-state index contributed by atoms with van der Waals surface area (Å²) in [7, 11) is 1.65. The molecule has 0 amide bonds. The fraction of sp³-hybridized carbons (Fsp3) is 0.722. The Labute approximate surface area is 153 Å². The number of aromatic nitrogens is 4. The molecule has 2 heterocycles. The molecule has 1 N–H and O–H groups in total. The Hall–Kier alpha value is -1.50. The van der Waals surface area contributed by atoms with Crippen LogP contribution in [0.5, 0.6) is 0 Å². The van der Waals surface area contributed by atoms with Crippen LogP contribution in [0.3, 0.4) is 0 Å². The van der Waals surface area contributed by atoms with Crippen LogP contribution in [0.25, 0.3) is 11.2 Å². The Morgan fingerprint density at radius 1 is 1.12 bits per heavy atom. The van der Waals surface area contributed by atoms with Gasteiger partial charge in [-0.05, 0) is 12.3 Å². The number of imidazole rings is 1. The van der Waals surface area contributed by atoms with Crippen LogP contribution in [0.4, 0.5) is 0 Å². The minimum absolute atomic E-state index is 0.340. The van der Waals surface area contributed by atoms with Crippen LogP contribution < -0.4 is 11.2 Å². The van der Waals surface area contributed by atoms with Crippen molar-refractivity contribution in [3.05, 3.63) is 20.8 Å². The molecule has 0 saturated heterocycles. The number of rotatable bonds is 10. The standard InChI is InChI=1S/C18H30N4O2S/c1-5-6-7-8-9-10-11-22-14-15(19-18(22)25-12-13(2)3)21(4)17(24)20-16(14)23/h13H,5-12H2,1-4H3,(H,20,23,24). The number of nitrogens with one attached hydrogen (secondary N) is 1. The molecule has 0 saturated carbocycles. The molecule has 0 aliphatic heterocycles. The molecule has 2 aromatic heterocycles. The number of hydrogen-bond acceptors (Lipinski definition) is 4. The summed E-state index contributed by atoms with van der Waals surface area (Å²) in [5.41, 5.74) is 0.239. The van der Waals surface area contributed by atoms with E-state index in [-0.39, 0.29) is 5.56 Å².